The molecular formula is C12H15F4NO3S. The Kier molecular flexibility index (Phi) is 5.97. The van der Waals surface area contributed by atoms with Crippen LogP contribution in [-0.2, 0) is 14.6 Å². The maximum atomic E-state index is 13.1. The van der Waals surface area contributed by atoms with Crippen molar-refractivity contribution in [2.75, 3.05) is 25.1 Å². The molecule has 0 saturated heterocycles. The number of nitrogens with one attached hydrogen (secondary N) is 1. The van der Waals surface area contributed by atoms with E-state index in [0.29, 0.717) is 25.7 Å². The van der Waals surface area contributed by atoms with Gasteiger partial charge in [-0.2, -0.15) is 13.2 Å². The van der Waals surface area contributed by atoms with E-state index in [9.17, 15) is 26.0 Å². The van der Waals surface area contributed by atoms with Crippen molar-refractivity contribution in [1.29, 1.82) is 0 Å². The topological polar surface area (TPSA) is 55.4 Å². The molecule has 0 fully saturated rings. The molecule has 0 atom stereocenters. The van der Waals surface area contributed by atoms with Crippen LogP contribution in [0.5, 0.6) is 0 Å². The average molecular weight is 329 g/mol. The van der Waals surface area contributed by atoms with Gasteiger partial charge in [0.25, 0.3) is 9.84 Å². The minimum Gasteiger partial charge on any atom is -0.384 e. The molecule has 0 unspecified atom stereocenters. The summed E-state index contributed by atoms with van der Waals surface area (Å²) < 4.78 is 78.6. The molecule has 1 aromatic carbocycles. The average Bonchev–Trinajstić information content (AvgIpc) is 2.38. The molecule has 0 aliphatic carbocycles. The van der Waals surface area contributed by atoms with Crippen LogP contribution in [0.2, 0.25) is 0 Å². The summed E-state index contributed by atoms with van der Waals surface area (Å²) >= 11 is 0. The zero-order chi connectivity index (χ0) is 16.1. The van der Waals surface area contributed by atoms with Crippen molar-refractivity contribution in [3.8, 4) is 0 Å². The van der Waals surface area contributed by atoms with E-state index in [4.69, 9.17) is 4.74 Å². The summed E-state index contributed by atoms with van der Waals surface area (Å²) in [7, 11) is -5.61. The Balaban J connectivity index is 2.96. The van der Waals surface area contributed by atoms with E-state index in [1.54, 1.807) is 6.92 Å². The lowest BCUT2D eigenvalue weighted by atomic mass is 10.3. The van der Waals surface area contributed by atoms with Gasteiger partial charge in [0.1, 0.15) is 10.7 Å². The first kappa shape index (κ1) is 17.7. The zero-order valence-corrected chi connectivity index (χ0v) is 12.0. The Bertz CT molecular complexity index is 572. The van der Waals surface area contributed by atoms with Crippen LogP contribution in [0.3, 0.4) is 0 Å². The Morgan fingerprint density at radius 2 is 1.95 bits per heavy atom. The minimum atomic E-state index is -5.61. The van der Waals surface area contributed by atoms with Crippen molar-refractivity contribution in [3.63, 3.8) is 0 Å². The van der Waals surface area contributed by atoms with Crippen LogP contribution >= 0.6 is 0 Å². The Morgan fingerprint density at radius 1 is 1.29 bits per heavy atom. The molecule has 0 saturated carbocycles. The number of hydrogen-bond acceptors (Lipinski definition) is 4. The molecular weight excluding hydrogens is 314 g/mol. The van der Waals surface area contributed by atoms with E-state index in [-0.39, 0.29) is 12.2 Å². The first-order valence-corrected chi connectivity index (χ1v) is 7.61. The second-order valence-corrected chi connectivity index (χ2v) is 5.98. The molecule has 0 amide bonds. The van der Waals surface area contributed by atoms with E-state index in [2.05, 4.69) is 5.32 Å². The van der Waals surface area contributed by atoms with Crippen LogP contribution in [-0.4, -0.2) is 33.7 Å². The van der Waals surface area contributed by atoms with Gasteiger partial charge < -0.3 is 10.1 Å². The molecule has 0 aliphatic heterocycles. The largest absolute Gasteiger partial charge is 0.501 e. The summed E-state index contributed by atoms with van der Waals surface area (Å²) in [5.41, 5.74) is -5.77. The smallest absolute Gasteiger partial charge is 0.384 e. The number of hydrogen-bond donors (Lipinski definition) is 1. The molecule has 1 aromatic rings. The molecule has 0 aliphatic rings. The van der Waals surface area contributed by atoms with E-state index < -0.39 is 26.1 Å². The molecule has 1 N–H and O–H groups in total. The molecule has 0 radical (unpaired) electrons. The highest BCUT2D eigenvalue weighted by Crippen LogP contribution is 2.34. The van der Waals surface area contributed by atoms with Gasteiger partial charge in [0.05, 0.1) is 5.69 Å². The summed E-state index contributed by atoms with van der Waals surface area (Å²) in [5.74, 6) is -1.06. The van der Waals surface area contributed by atoms with Crippen LogP contribution < -0.4 is 5.32 Å². The highest BCUT2D eigenvalue weighted by Gasteiger charge is 2.48. The van der Waals surface area contributed by atoms with Gasteiger partial charge >= 0.3 is 5.51 Å². The fraction of sp³-hybridized carbons (Fsp3) is 0.500. The zero-order valence-electron chi connectivity index (χ0n) is 11.2. The predicted octanol–water partition coefficient (Wildman–Crippen LogP) is 2.96. The van der Waals surface area contributed by atoms with Crippen molar-refractivity contribution in [2.24, 2.45) is 0 Å². The van der Waals surface area contributed by atoms with Crippen LogP contribution in [0.4, 0.5) is 23.2 Å². The minimum absolute atomic E-state index is 0.200. The normalized spacial score (nSPS) is 12.4. The molecule has 21 heavy (non-hydrogen) atoms. The summed E-state index contributed by atoms with van der Waals surface area (Å²) in [6.07, 6.45) is 0.469. The fourth-order valence-corrected chi connectivity index (χ4v) is 2.48. The van der Waals surface area contributed by atoms with E-state index in [0.717, 1.165) is 12.1 Å². The van der Waals surface area contributed by atoms with Crippen LogP contribution in [0.15, 0.2) is 23.1 Å². The fourth-order valence-electron chi connectivity index (χ4n) is 1.53. The lowest BCUT2D eigenvalue weighted by Gasteiger charge is -2.14. The van der Waals surface area contributed by atoms with Crippen LogP contribution in [0, 0.1) is 5.82 Å². The maximum Gasteiger partial charge on any atom is 0.501 e. The quantitative estimate of drug-likeness (QED) is 0.617. The van der Waals surface area contributed by atoms with Gasteiger partial charge in [-0.3, -0.25) is 0 Å². The Morgan fingerprint density at radius 3 is 2.52 bits per heavy atom. The number of alkyl halides is 3. The Hall–Kier alpha value is -1.35. The molecule has 120 valence electrons. The number of halogens is 4. The van der Waals surface area contributed by atoms with E-state index >= 15 is 0 Å². The van der Waals surface area contributed by atoms with Crippen molar-refractivity contribution in [3.05, 3.63) is 24.0 Å². The number of rotatable bonds is 7. The van der Waals surface area contributed by atoms with Gasteiger partial charge in [0, 0.05) is 19.8 Å². The summed E-state index contributed by atoms with van der Waals surface area (Å²) in [5, 5.41) is 2.55. The van der Waals surface area contributed by atoms with Gasteiger partial charge in [0.15, 0.2) is 0 Å². The van der Waals surface area contributed by atoms with Crippen LogP contribution in [0.1, 0.15) is 13.3 Å². The maximum absolute atomic E-state index is 13.1. The monoisotopic (exact) mass is 329 g/mol. The second kappa shape index (κ2) is 7.08. The third kappa shape index (κ3) is 4.57. The first-order valence-electron chi connectivity index (χ1n) is 6.12. The third-order valence-electron chi connectivity index (χ3n) is 2.52. The highest BCUT2D eigenvalue weighted by molar-refractivity contribution is 7.92. The predicted molar refractivity (Wildman–Crippen MR) is 69.2 cm³/mol. The van der Waals surface area contributed by atoms with Gasteiger partial charge in [-0.25, -0.2) is 12.8 Å². The number of benzene rings is 1. The first-order chi connectivity index (χ1) is 9.70. The van der Waals surface area contributed by atoms with Gasteiger partial charge in [-0.15, -0.1) is 0 Å². The van der Waals surface area contributed by atoms with Crippen molar-refractivity contribution >= 4 is 15.5 Å². The standard InChI is InChI=1S/C12H15F4NO3S/c1-2-20-7-3-6-17-10-5-4-9(13)8-11(10)21(18,19)12(14,15)16/h4-5,8,17H,2-3,6-7H2,1H3. The molecule has 0 heterocycles. The van der Waals surface area contributed by atoms with Gasteiger partial charge in [-0.05, 0) is 31.5 Å². The molecule has 4 nitrogen and oxygen atoms in total. The lowest BCUT2D eigenvalue weighted by molar-refractivity contribution is -0.0435. The molecule has 0 spiro atoms. The molecule has 9 heteroatoms. The van der Waals surface area contributed by atoms with Crippen molar-refractivity contribution in [1.82, 2.24) is 0 Å². The van der Waals surface area contributed by atoms with Gasteiger partial charge in [0.2, 0.25) is 0 Å². The van der Waals surface area contributed by atoms with E-state index in [1.807, 2.05) is 0 Å². The van der Waals surface area contributed by atoms with Crippen molar-refractivity contribution < 1.29 is 30.7 Å². The summed E-state index contributed by atoms with van der Waals surface area (Å²) in [4.78, 5) is -1.12. The number of ether oxygens (including phenoxy) is 1. The molecule has 0 aromatic heterocycles. The van der Waals surface area contributed by atoms with E-state index in [1.165, 1.54) is 0 Å². The number of anilines is 1. The van der Waals surface area contributed by atoms with Crippen molar-refractivity contribution in [2.45, 2.75) is 23.7 Å². The number of sulfone groups is 1. The summed E-state index contributed by atoms with van der Waals surface area (Å²) in [6.45, 7) is 2.88. The third-order valence-corrected chi connectivity index (χ3v) is 4.05. The van der Waals surface area contributed by atoms with Crippen LogP contribution in [0.25, 0.3) is 0 Å². The lowest BCUT2D eigenvalue weighted by Crippen LogP contribution is -2.24. The second-order valence-electron chi connectivity index (χ2n) is 4.07. The molecule has 1 rings (SSSR count). The highest BCUT2D eigenvalue weighted by atomic mass is 32.2. The van der Waals surface area contributed by atoms with Gasteiger partial charge in [-0.1, -0.05) is 0 Å². The summed E-state index contributed by atoms with van der Waals surface area (Å²) in [6, 6.07) is 2.21. The Labute approximate surface area is 120 Å². The molecule has 0 bridgehead atoms. The SMILES string of the molecule is CCOCCCNc1ccc(F)cc1S(=O)(=O)C(F)(F)F.